The van der Waals surface area contributed by atoms with Crippen molar-refractivity contribution in [2.75, 3.05) is 7.05 Å². The Kier molecular flexibility index (Phi) is 4.87. The lowest BCUT2D eigenvalue weighted by Crippen LogP contribution is -2.44. The van der Waals surface area contributed by atoms with Gasteiger partial charge in [0.25, 0.3) is 6.34 Å². The van der Waals surface area contributed by atoms with Crippen molar-refractivity contribution in [3.05, 3.63) is 47.7 Å². The number of hydrogen-bond acceptors (Lipinski definition) is 6. The molecule has 25 heavy (non-hydrogen) atoms. The van der Waals surface area contributed by atoms with Crippen molar-refractivity contribution in [2.45, 2.75) is 30.8 Å². The normalized spacial score (nSPS) is 29.3. The van der Waals surface area contributed by atoms with Gasteiger partial charge in [0.2, 0.25) is 5.84 Å². The van der Waals surface area contributed by atoms with Crippen LogP contribution in [0.1, 0.15) is 18.1 Å². The number of aliphatic hydroxyl groups is 3. The van der Waals surface area contributed by atoms with Crippen LogP contribution in [0.3, 0.4) is 0 Å². The summed E-state index contributed by atoms with van der Waals surface area (Å²) in [5.41, 5.74) is 0.147. The van der Waals surface area contributed by atoms with Crippen LogP contribution in [0.4, 0.5) is 8.78 Å². The third kappa shape index (κ3) is 3.29. The predicted molar refractivity (Wildman–Crippen MR) is 87.0 cm³/mol. The van der Waals surface area contributed by atoms with Gasteiger partial charge in [0.15, 0.2) is 11.6 Å². The van der Waals surface area contributed by atoms with E-state index in [2.05, 4.69) is 16.3 Å². The van der Waals surface area contributed by atoms with Crippen LogP contribution in [-0.2, 0) is 0 Å². The zero-order valence-electron chi connectivity index (χ0n) is 13.4. The molecule has 0 unspecified atom stereocenters. The number of halogens is 2. The van der Waals surface area contributed by atoms with Gasteiger partial charge < -0.3 is 20.2 Å². The minimum Gasteiger partial charge on any atom is -0.390 e. The summed E-state index contributed by atoms with van der Waals surface area (Å²) in [6.07, 6.45) is 2.23. The van der Waals surface area contributed by atoms with Crippen LogP contribution in [0.2, 0.25) is 0 Å². The Balaban J connectivity index is 1.79. The van der Waals surface area contributed by atoms with E-state index in [9.17, 15) is 24.1 Å². The first-order chi connectivity index (χ1) is 11.9. The molecule has 3 N–H and O–H groups in total. The maximum Gasteiger partial charge on any atom is 0.280 e. The summed E-state index contributed by atoms with van der Waals surface area (Å²) in [6, 6.07) is 2.57. The number of rotatable bonds is 3. The molecule has 0 aromatic heterocycles. The van der Waals surface area contributed by atoms with Crippen LogP contribution in [-0.4, -0.2) is 57.7 Å². The molecule has 1 aliphatic heterocycles. The fourth-order valence-corrected chi connectivity index (χ4v) is 3.31. The van der Waals surface area contributed by atoms with Gasteiger partial charge >= 0.3 is 0 Å². The lowest BCUT2D eigenvalue weighted by atomic mass is 9.92. The lowest BCUT2D eigenvalue weighted by molar-refractivity contribution is -0.0282. The van der Waals surface area contributed by atoms with E-state index in [1.54, 1.807) is 18.0 Å². The SMILES string of the molecule is CN(C1=N[C+]=NC=C1)[C@@H]1C[C@H]([C@H](O)c2ccc(F)c(F)c2)[C@@H](O)[C@H]1O. The molecule has 2 aliphatic rings. The number of benzene rings is 1. The van der Waals surface area contributed by atoms with Gasteiger partial charge in [-0.15, -0.1) is 0 Å². The fraction of sp³-hybridized carbons (Fsp3) is 0.412. The van der Waals surface area contributed by atoms with Gasteiger partial charge in [-0.2, -0.15) is 0 Å². The summed E-state index contributed by atoms with van der Waals surface area (Å²) in [5, 5.41) is 31.2. The Bertz CT molecular complexity index is 738. The Morgan fingerprint density at radius 2 is 2.00 bits per heavy atom. The molecule has 0 amide bonds. The number of nitrogens with zero attached hydrogens (tertiary/aromatic N) is 3. The first-order valence-electron chi connectivity index (χ1n) is 7.81. The van der Waals surface area contributed by atoms with E-state index in [1.165, 1.54) is 12.3 Å². The average molecular weight is 350 g/mol. The van der Waals surface area contributed by atoms with Gasteiger partial charge in [-0.3, -0.25) is 0 Å². The number of hydrogen-bond donors (Lipinski definition) is 3. The molecule has 6 nitrogen and oxygen atoms in total. The molecule has 1 aromatic carbocycles. The third-order valence-electron chi connectivity index (χ3n) is 4.77. The van der Waals surface area contributed by atoms with Gasteiger partial charge in [-0.25, -0.2) is 8.78 Å². The van der Waals surface area contributed by atoms with Gasteiger partial charge in [-0.05, 0) is 29.1 Å². The highest BCUT2D eigenvalue weighted by molar-refractivity contribution is 5.99. The molecule has 0 spiro atoms. The van der Waals surface area contributed by atoms with Gasteiger partial charge in [0, 0.05) is 13.0 Å². The second-order valence-electron chi connectivity index (χ2n) is 6.19. The molecular formula is C17H18F2N3O3+. The molecule has 1 aliphatic carbocycles. The van der Waals surface area contributed by atoms with E-state index >= 15 is 0 Å². The molecule has 3 rings (SSSR count). The topological polar surface area (TPSA) is 88.7 Å². The Morgan fingerprint density at radius 3 is 2.64 bits per heavy atom. The second kappa shape index (κ2) is 6.93. The molecule has 5 atom stereocenters. The van der Waals surface area contributed by atoms with Crippen molar-refractivity contribution in [1.29, 1.82) is 0 Å². The number of aliphatic hydroxyl groups excluding tert-OH is 3. The molecule has 0 saturated heterocycles. The highest BCUT2D eigenvalue weighted by Crippen LogP contribution is 2.38. The summed E-state index contributed by atoms with van der Waals surface area (Å²) >= 11 is 0. The van der Waals surface area contributed by atoms with Crippen molar-refractivity contribution < 1.29 is 24.1 Å². The first kappa shape index (κ1) is 17.6. The van der Waals surface area contributed by atoms with Crippen LogP contribution in [0, 0.1) is 17.6 Å². The molecule has 1 heterocycles. The standard InChI is InChI=1S/C17H18F2N3O3/c1-22(14-4-5-20-8-21-14)13-7-10(16(24)17(13)25)15(23)9-2-3-11(18)12(19)6-9/h2-6,10,13,15-17,23-25H,7H2,1H3/q+1/t10-,13-,15-,16-,17+/m1/s1. The van der Waals surface area contributed by atoms with Crippen molar-refractivity contribution >= 4 is 12.2 Å². The minimum absolute atomic E-state index is 0.147. The van der Waals surface area contributed by atoms with Crippen LogP contribution in [0.25, 0.3) is 0 Å². The number of likely N-dealkylation sites (N-methyl/N-ethyl adjacent to an activating group) is 1. The predicted octanol–water partition coefficient (Wildman–Crippen LogP) is 0.871. The number of amidine groups is 1. The molecule has 8 heteroatoms. The van der Waals surface area contributed by atoms with Crippen molar-refractivity contribution in [3.63, 3.8) is 0 Å². The quantitative estimate of drug-likeness (QED) is 0.706. The summed E-state index contributed by atoms with van der Waals surface area (Å²) < 4.78 is 26.5. The smallest absolute Gasteiger partial charge is 0.280 e. The molecule has 132 valence electrons. The second-order valence-corrected chi connectivity index (χ2v) is 6.19. The van der Waals surface area contributed by atoms with E-state index in [-0.39, 0.29) is 12.0 Å². The van der Waals surface area contributed by atoms with Gasteiger partial charge in [0.05, 0.1) is 18.2 Å². The summed E-state index contributed by atoms with van der Waals surface area (Å²) in [5.74, 6) is -2.32. The molecule has 1 aromatic rings. The van der Waals surface area contributed by atoms with E-state index < -0.39 is 41.9 Å². The van der Waals surface area contributed by atoms with Crippen molar-refractivity contribution in [3.8, 4) is 0 Å². The molecule has 0 radical (unpaired) electrons. The van der Waals surface area contributed by atoms with E-state index in [0.29, 0.717) is 5.84 Å². The van der Waals surface area contributed by atoms with E-state index in [0.717, 1.165) is 12.1 Å². The summed E-state index contributed by atoms with van der Waals surface area (Å²) in [4.78, 5) is 9.35. The summed E-state index contributed by atoms with van der Waals surface area (Å²) in [6.45, 7) is 0. The van der Waals surface area contributed by atoms with Crippen LogP contribution >= 0.6 is 0 Å². The Morgan fingerprint density at radius 1 is 1.24 bits per heavy atom. The zero-order chi connectivity index (χ0) is 18.1. The minimum atomic E-state index is -1.24. The molecular weight excluding hydrogens is 332 g/mol. The van der Waals surface area contributed by atoms with E-state index in [1.807, 2.05) is 0 Å². The zero-order valence-corrected chi connectivity index (χ0v) is 13.4. The van der Waals surface area contributed by atoms with Crippen molar-refractivity contribution in [2.24, 2.45) is 15.9 Å². The molecule has 1 fully saturated rings. The third-order valence-corrected chi connectivity index (χ3v) is 4.77. The highest BCUT2D eigenvalue weighted by atomic mass is 19.2. The largest absolute Gasteiger partial charge is 0.390 e. The van der Waals surface area contributed by atoms with Crippen LogP contribution < -0.4 is 0 Å². The molecule has 0 bridgehead atoms. The highest BCUT2D eigenvalue weighted by Gasteiger charge is 2.48. The first-order valence-corrected chi connectivity index (χ1v) is 7.81. The van der Waals surface area contributed by atoms with Gasteiger partial charge in [0.1, 0.15) is 18.4 Å². The lowest BCUT2D eigenvalue weighted by Gasteiger charge is -2.25. The Hall–Kier alpha value is -2.25. The van der Waals surface area contributed by atoms with Crippen molar-refractivity contribution in [1.82, 2.24) is 4.90 Å². The maximum absolute atomic E-state index is 13.4. The van der Waals surface area contributed by atoms with E-state index in [4.69, 9.17) is 0 Å². The van der Waals surface area contributed by atoms with Crippen LogP contribution in [0.5, 0.6) is 0 Å². The Labute approximate surface area is 143 Å². The molecule has 1 saturated carbocycles. The van der Waals surface area contributed by atoms with Gasteiger partial charge in [-0.1, -0.05) is 11.1 Å². The summed E-state index contributed by atoms with van der Waals surface area (Å²) in [7, 11) is 1.70. The fourth-order valence-electron chi connectivity index (χ4n) is 3.31. The maximum atomic E-state index is 13.4. The van der Waals surface area contributed by atoms with Crippen LogP contribution in [0.15, 0.2) is 40.5 Å². The average Bonchev–Trinajstić information content (AvgIpc) is 2.92. The number of aliphatic imine (C=N–C) groups is 2. The monoisotopic (exact) mass is 350 g/mol.